The van der Waals surface area contributed by atoms with Crippen molar-refractivity contribution in [1.82, 2.24) is 0 Å². The van der Waals surface area contributed by atoms with Gasteiger partial charge in [-0.15, -0.1) is 0 Å². The highest BCUT2D eigenvalue weighted by molar-refractivity contribution is 6.30. The van der Waals surface area contributed by atoms with Gasteiger partial charge in [-0.25, -0.2) is 4.39 Å². The second kappa shape index (κ2) is 4.96. The Balaban J connectivity index is 2.08. The Morgan fingerprint density at radius 1 is 1.25 bits per heavy atom. The van der Waals surface area contributed by atoms with E-state index in [0.717, 1.165) is 37.5 Å². The molecule has 16 heavy (non-hydrogen) atoms. The molecule has 0 saturated heterocycles. The quantitative estimate of drug-likeness (QED) is 0.716. The Bertz CT molecular complexity index is 384. The SMILES string of the molecule is O=CC1CCC(c2ccc(Cl)c(F)c2)CC1. The summed E-state index contributed by atoms with van der Waals surface area (Å²) in [7, 11) is 0. The zero-order valence-electron chi connectivity index (χ0n) is 8.96. The van der Waals surface area contributed by atoms with E-state index in [4.69, 9.17) is 11.6 Å². The van der Waals surface area contributed by atoms with Gasteiger partial charge in [0, 0.05) is 5.92 Å². The van der Waals surface area contributed by atoms with Crippen LogP contribution in [-0.2, 0) is 4.79 Å². The summed E-state index contributed by atoms with van der Waals surface area (Å²) >= 11 is 5.64. The van der Waals surface area contributed by atoms with Crippen LogP contribution in [0.2, 0.25) is 5.02 Å². The van der Waals surface area contributed by atoms with Crippen molar-refractivity contribution in [1.29, 1.82) is 0 Å². The number of carbonyl (C=O) groups excluding carboxylic acids is 1. The first-order valence-corrected chi connectivity index (χ1v) is 5.98. The van der Waals surface area contributed by atoms with E-state index in [-0.39, 0.29) is 16.8 Å². The Hall–Kier alpha value is -0.890. The largest absolute Gasteiger partial charge is 0.303 e. The number of carbonyl (C=O) groups is 1. The molecule has 0 unspecified atom stereocenters. The number of aldehydes is 1. The zero-order valence-corrected chi connectivity index (χ0v) is 9.71. The van der Waals surface area contributed by atoms with E-state index >= 15 is 0 Å². The highest BCUT2D eigenvalue weighted by atomic mass is 35.5. The molecule has 1 aromatic carbocycles. The number of benzene rings is 1. The van der Waals surface area contributed by atoms with Crippen molar-refractivity contribution in [3.8, 4) is 0 Å². The topological polar surface area (TPSA) is 17.1 Å². The molecule has 0 aliphatic heterocycles. The third kappa shape index (κ3) is 2.43. The fraction of sp³-hybridized carbons (Fsp3) is 0.462. The third-order valence-electron chi connectivity index (χ3n) is 3.38. The maximum atomic E-state index is 13.3. The number of hydrogen-bond donors (Lipinski definition) is 0. The number of halogens is 2. The Morgan fingerprint density at radius 3 is 2.50 bits per heavy atom. The van der Waals surface area contributed by atoms with Crippen molar-refractivity contribution in [3.63, 3.8) is 0 Å². The van der Waals surface area contributed by atoms with Gasteiger partial charge in [0.2, 0.25) is 0 Å². The number of rotatable bonds is 2. The predicted octanol–water partition coefficient (Wildman–Crippen LogP) is 3.95. The van der Waals surface area contributed by atoms with Gasteiger partial charge in [-0.05, 0) is 49.3 Å². The maximum Gasteiger partial charge on any atom is 0.142 e. The number of hydrogen-bond acceptors (Lipinski definition) is 1. The summed E-state index contributed by atoms with van der Waals surface area (Å²) in [5, 5.41) is 0.172. The van der Waals surface area contributed by atoms with Crippen molar-refractivity contribution in [2.24, 2.45) is 5.92 Å². The summed E-state index contributed by atoms with van der Waals surface area (Å²) in [6.07, 6.45) is 4.80. The molecule has 3 heteroatoms. The lowest BCUT2D eigenvalue weighted by Crippen LogP contribution is -2.14. The van der Waals surface area contributed by atoms with Crippen LogP contribution in [0.3, 0.4) is 0 Å². The average molecular weight is 241 g/mol. The van der Waals surface area contributed by atoms with Gasteiger partial charge < -0.3 is 4.79 Å². The molecule has 1 saturated carbocycles. The summed E-state index contributed by atoms with van der Waals surface area (Å²) < 4.78 is 13.3. The molecule has 86 valence electrons. The van der Waals surface area contributed by atoms with Crippen LogP contribution >= 0.6 is 11.6 Å². The van der Waals surface area contributed by atoms with E-state index in [1.54, 1.807) is 6.07 Å². The second-order valence-corrected chi connectivity index (χ2v) is 4.83. The van der Waals surface area contributed by atoms with Crippen LogP contribution in [0.25, 0.3) is 0 Å². The van der Waals surface area contributed by atoms with Gasteiger partial charge in [0.1, 0.15) is 12.1 Å². The molecule has 0 spiro atoms. The first kappa shape index (κ1) is 11.6. The fourth-order valence-electron chi connectivity index (χ4n) is 2.35. The molecule has 0 N–H and O–H groups in total. The smallest absolute Gasteiger partial charge is 0.142 e. The van der Waals surface area contributed by atoms with E-state index in [1.807, 2.05) is 6.07 Å². The van der Waals surface area contributed by atoms with Gasteiger partial charge in [-0.3, -0.25) is 0 Å². The average Bonchev–Trinajstić information content (AvgIpc) is 2.33. The highest BCUT2D eigenvalue weighted by Crippen LogP contribution is 2.35. The Kier molecular flexibility index (Phi) is 3.59. The Labute approximate surface area is 99.6 Å². The van der Waals surface area contributed by atoms with Gasteiger partial charge in [-0.1, -0.05) is 17.7 Å². The van der Waals surface area contributed by atoms with Gasteiger partial charge in [0.25, 0.3) is 0 Å². The van der Waals surface area contributed by atoms with Crippen molar-refractivity contribution >= 4 is 17.9 Å². The van der Waals surface area contributed by atoms with Crippen molar-refractivity contribution in [3.05, 3.63) is 34.6 Å². The van der Waals surface area contributed by atoms with Crippen LogP contribution in [0, 0.1) is 11.7 Å². The van der Waals surface area contributed by atoms with Gasteiger partial charge in [0.15, 0.2) is 0 Å². The summed E-state index contributed by atoms with van der Waals surface area (Å²) in [4.78, 5) is 10.6. The van der Waals surface area contributed by atoms with E-state index in [0.29, 0.717) is 5.92 Å². The molecule has 1 fully saturated rings. The Morgan fingerprint density at radius 2 is 1.94 bits per heavy atom. The van der Waals surface area contributed by atoms with E-state index < -0.39 is 0 Å². The monoisotopic (exact) mass is 240 g/mol. The molecule has 0 amide bonds. The molecule has 0 radical (unpaired) electrons. The molecular formula is C13H14ClFO. The lowest BCUT2D eigenvalue weighted by atomic mass is 9.79. The summed E-state index contributed by atoms with van der Waals surface area (Å²) in [5.74, 6) is 0.230. The first-order chi connectivity index (χ1) is 7.70. The lowest BCUT2D eigenvalue weighted by molar-refractivity contribution is -0.111. The van der Waals surface area contributed by atoms with Crippen molar-refractivity contribution < 1.29 is 9.18 Å². The molecule has 1 aromatic rings. The standard InChI is InChI=1S/C13H14ClFO/c14-12-6-5-11(7-13(12)15)10-3-1-9(8-16)2-4-10/h5-10H,1-4H2. The van der Waals surface area contributed by atoms with Crippen LogP contribution in [0.5, 0.6) is 0 Å². The van der Waals surface area contributed by atoms with Crippen LogP contribution < -0.4 is 0 Å². The van der Waals surface area contributed by atoms with Gasteiger partial charge in [0.05, 0.1) is 5.02 Å². The highest BCUT2D eigenvalue weighted by Gasteiger charge is 2.22. The van der Waals surface area contributed by atoms with Crippen molar-refractivity contribution in [2.45, 2.75) is 31.6 Å². The molecule has 0 atom stereocenters. The maximum absolute atomic E-state index is 13.3. The molecule has 1 aliphatic carbocycles. The van der Waals surface area contributed by atoms with Crippen LogP contribution in [0.15, 0.2) is 18.2 Å². The van der Waals surface area contributed by atoms with Crippen LogP contribution in [0.4, 0.5) is 4.39 Å². The molecule has 0 aromatic heterocycles. The third-order valence-corrected chi connectivity index (χ3v) is 3.69. The summed E-state index contributed by atoms with van der Waals surface area (Å²) in [5.41, 5.74) is 1.01. The van der Waals surface area contributed by atoms with Crippen LogP contribution in [0.1, 0.15) is 37.2 Å². The minimum atomic E-state index is -0.350. The summed E-state index contributed by atoms with van der Waals surface area (Å²) in [6, 6.07) is 5.02. The summed E-state index contributed by atoms with van der Waals surface area (Å²) in [6.45, 7) is 0. The van der Waals surface area contributed by atoms with Crippen LogP contribution in [-0.4, -0.2) is 6.29 Å². The zero-order chi connectivity index (χ0) is 11.5. The predicted molar refractivity (Wildman–Crippen MR) is 62.2 cm³/mol. The molecule has 0 bridgehead atoms. The fourth-order valence-corrected chi connectivity index (χ4v) is 2.47. The molecule has 1 nitrogen and oxygen atoms in total. The molecule has 1 aliphatic rings. The first-order valence-electron chi connectivity index (χ1n) is 5.61. The normalized spacial score (nSPS) is 25.4. The van der Waals surface area contributed by atoms with E-state index in [1.165, 1.54) is 6.07 Å². The van der Waals surface area contributed by atoms with E-state index in [2.05, 4.69) is 0 Å². The molecule has 0 heterocycles. The van der Waals surface area contributed by atoms with Crippen molar-refractivity contribution in [2.75, 3.05) is 0 Å². The van der Waals surface area contributed by atoms with Gasteiger partial charge >= 0.3 is 0 Å². The van der Waals surface area contributed by atoms with Gasteiger partial charge in [-0.2, -0.15) is 0 Å². The lowest BCUT2D eigenvalue weighted by Gasteiger charge is -2.25. The second-order valence-electron chi connectivity index (χ2n) is 4.42. The minimum Gasteiger partial charge on any atom is -0.303 e. The van der Waals surface area contributed by atoms with E-state index in [9.17, 15) is 9.18 Å². The minimum absolute atomic E-state index is 0.172. The molecular weight excluding hydrogens is 227 g/mol. The molecule has 2 rings (SSSR count).